The van der Waals surface area contributed by atoms with Crippen molar-refractivity contribution >= 4 is 6.21 Å². The average Bonchev–Trinajstić information content (AvgIpc) is 2.59. The first-order valence-corrected chi connectivity index (χ1v) is 4.56. The van der Waals surface area contributed by atoms with Crippen LogP contribution in [0.15, 0.2) is 30.3 Å². The van der Waals surface area contributed by atoms with Crippen LogP contribution in [-0.2, 0) is 6.54 Å². The molecule has 0 saturated carbocycles. The highest BCUT2D eigenvalue weighted by Gasteiger charge is 2.10. The molecule has 1 nitrogen and oxygen atoms in total. The van der Waals surface area contributed by atoms with Gasteiger partial charge in [-0.05, 0) is 0 Å². The molecule has 0 fully saturated rings. The Bertz CT molecular complexity index is 279. The summed E-state index contributed by atoms with van der Waals surface area (Å²) in [5.41, 5.74) is 1.41. The van der Waals surface area contributed by atoms with E-state index >= 15 is 0 Å². The molecule has 0 bridgehead atoms. The van der Waals surface area contributed by atoms with Gasteiger partial charge in [0.05, 0.1) is 0 Å². The van der Waals surface area contributed by atoms with Crippen molar-refractivity contribution in [1.82, 2.24) is 0 Å². The first kappa shape index (κ1) is 10.3. The molecular weight excluding hydrogens is 182 g/mol. The molecule has 0 spiro atoms. The van der Waals surface area contributed by atoms with E-state index in [2.05, 4.69) is 41.1 Å². The largest absolute Gasteiger partial charge is 1.00 e. The van der Waals surface area contributed by atoms with Crippen LogP contribution >= 0.6 is 0 Å². The molecule has 0 aromatic heterocycles. The Morgan fingerprint density at radius 1 is 1.15 bits per heavy atom. The minimum Gasteiger partial charge on any atom is -1.00 e. The molecule has 1 aliphatic rings. The predicted octanol–water partition coefficient (Wildman–Crippen LogP) is -0.932. The maximum absolute atomic E-state index is 2.40. The van der Waals surface area contributed by atoms with Crippen molar-refractivity contribution < 1.29 is 17.0 Å². The summed E-state index contributed by atoms with van der Waals surface area (Å²) >= 11 is 0. The van der Waals surface area contributed by atoms with Gasteiger partial charge in [-0.3, -0.25) is 0 Å². The molecule has 0 atom stereocenters. The third kappa shape index (κ3) is 2.85. The summed E-state index contributed by atoms with van der Waals surface area (Å²) in [5, 5.41) is 0. The van der Waals surface area contributed by atoms with Crippen LogP contribution in [0, 0.1) is 0 Å². The minimum absolute atomic E-state index is 0. The Hall–Kier alpha value is -0.820. The Morgan fingerprint density at radius 2 is 1.92 bits per heavy atom. The Balaban J connectivity index is 0.000000845. The van der Waals surface area contributed by atoms with Crippen molar-refractivity contribution in [3.8, 4) is 0 Å². The van der Waals surface area contributed by atoms with E-state index in [1.807, 2.05) is 0 Å². The molecule has 0 N–H and O–H groups in total. The predicted molar refractivity (Wildman–Crippen MR) is 50.6 cm³/mol. The fourth-order valence-electron chi connectivity index (χ4n) is 1.62. The second-order valence-electron chi connectivity index (χ2n) is 3.28. The minimum atomic E-state index is 0. The smallest absolute Gasteiger partial charge is 0.167 e. The molecule has 1 aliphatic heterocycles. The summed E-state index contributed by atoms with van der Waals surface area (Å²) < 4.78 is 2.40. The highest BCUT2D eigenvalue weighted by Crippen LogP contribution is 2.04. The summed E-state index contributed by atoms with van der Waals surface area (Å²) in [6.45, 7) is 2.32. The first-order valence-electron chi connectivity index (χ1n) is 4.56. The molecular formula is C11H14ClN. The highest BCUT2D eigenvalue weighted by atomic mass is 35.5. The molecule has 0 saturated heterocycles. The third-order valence-electron chi connectivity index (χ3n) is 2.27. The maximum atomic E-state index is 2.40. The van der Waals surface area contributed by atoms with E-state index in [-0.39, 0.29) is 12.4 Å². The zero-order chi connectivity index (χ0) is 8.23. The van der Waals surface area contributed by atoms with Gasteiger partial charge in [0, 0.05) is 18.4 Å². The van der Waals surface area contributed by atoms with Crippen LogP contribution in [-0.4, -0.2) is 17.3 Å². The lowest BCUT2D eigenvalue weighted by Gasteiger charge is -1.97. The van der Waals surface area contributed by atoms with Crippen LogP contribution in [0.4, 0.5) is 0 Å². The van der Waals surface area contributed by atoms with Crippen LogP contribution in [0.25, 0.3) is 0 Å². The number of rotatable bonds is 2. The Morgan fingerprint density at radius 3 is 2.54 bits per heavy atom. The van der Waals surface area contributed by atoms with Gasteiger partial charge in [0.25, 0.3) is 0 Å². The van der Waals surface area contributed by atoms with Gasteiger partial charge < -0.3 is 12.4 Å². The van der Waals surface area contributed by atoms with E-state index in [4.69, 9.17) is 0 Å². The molecule has 0 radical (unpaired) electrons. The second kappa shape index (κ2) is 5.03. The summed E-state index contributed by atoms with van der Waals surface area (Å²) in [5.74, 6) is 0. The zero-order valence-electron chi connectivity index (χ0n) is 7.62. The van der Waals surface area contributed by atoms with Crippen LogP contribution in [0.3, 0.4) is 0 Å². The van der Waals surface area contributed by atoms with Crippen LogP contribution < -0.4 is 12.4 Å². The summed E-state index contributed by atoms with van der Waals surface area (Å²) in [6.07, 6.45) is 4.90. The van der Waals surface area contributed by atoms with Gasteiger partial charge >= 0.3 is 0 Å². The maximum Gasteiger partial charge on any atom is 0.167 e. The quantitative estimate of drug-likeness (QED) is 0.537. The lowest BCUT2D eigenvalue weighted by Crippen LogP contribution is -3.00. The van der Waals surface area contributed by atoms with E-state index < -0.39 is 0 Å². The zero-order valence-corrected chi connectivity index (χ0v) is 8.37. The van der Waals surface area contributed by atoms with Gasteiger partial charge in [-0.25, -0.2) is 4.58 Å². The van der Waals surface area contributed by atoms with E-state index in [1.54, 1.807) is 0 Å². The van der Waals surface area contributed by atoms with E-state index in [1.165, 1.54) is 24.9 Å². The van der Waals surface area contributed by atoms with Crippen molar-refractivity contribution in [3.63, 3.8) is 0 Å². The van der Waals surface area contributed by atoms with Crippen molar-refractivity contribution in [3.05, 3.63) is 35.9 Å². The molecule has 2 heteroatoms. The van der Waals surface area contributed by atoms with Gasteiger partial charge in [-0.1, -0.05) is 30.3 Å². The lowest BCUT2D eigenvalue weighted by molar-refractivity contribution is -0.532. The SMILES string of the molecule is C1=[N+](Cc2ccccc2)CCC1.[Cl-]. The standard InChI is InChI=1S/C11H14N.ClH/c1-2-6-11(7-3-1)10-12-8-4-5-9-12;/h1-3,6-8H,4-5,9-10H2;1H/q+1;/p-1. The van der Waals surface area contributed by atoms with Gasteiger partial charge in [-0.2, -0.15) is 0 Å². The molecule has 70 valence electrons. The fourth-order valence-corrected chi connectivity index (χ4v) is 1.62. The van der Waals surface area contributed by atoms with Gasteiger partial charge in [-0.15, -0.1) is 0 Å². The van der Waals surface area contributed by atoms with Crippen molar-refractivity contribution in [2.24, 2.45) is 0 Å². The number of nitrogens with zero attached hydrogens (tertiary/aromatic N) is 1. The highest BCUT2D eigenvalue weighted by molar-refractivity contribution is 5.52. The van der Waals surface area contributed by atoms with Crippen molar-refractivity contribution in [2.45, 2.75) is 19.4 Å². The average molecular weight is 196 g/mol. The monoisotopic (exact) mass is 195 g/mol. The number of benzene rings is 1. The van der Waals surface area contributed by atoms with Crippen molar-refractivity contribution in [2.75, 3.05) is 6.54 Å². The van der Waals surface area contributed by atoms with E-state index in [9.17, 15) is 0 Å². The number of halogens is 1. The molecule has 1 heterocycles. The lowest BCUT2D eigenvalue weighted by atomic mass is 10.2. The Labute approximate surface area is 85.5 Å². The number of hydrogen-bond donors (Lipinski definition) is 0. The van der Waals surface area contributed by atoms with Crippen LogP contribution in [0.5, 0.6) is 0 Å². The summed E-state index contributed by atoms with van der Waals surface area (Å²) in [7, 11) is 0. The molecule has 1 aromatic rings. The van der Waals surface area contributed by atoms with Crippen LogP contribution in [0.2, 0.25) is 0 Å². The van der Waals surface area contributed by atoms with Gasteiger partial charge in [0.1, 0.15) is 12.8 Å². The Kier molecular flexibility index (Phi) is 3.97. The van der Waals surface area contributed by atoms with Gasteiger partial charge in [0.2, 0.25) is 0 Å². The molecule has 0 aliphatic carbocycles. The molecule has 0 unspecified atom stereocenters. The van der Waals surface area contributed by atoms with Crippen LogP contribution in [0.1, 0.15) is 18.4 Å². The first-order chi connectivity index (χ1) is 5.95. The van der Waals surface area contributed by atoms with Gasteiger partial charge in [0.15, 0.2) is 6.54 Å². The molecule has 1 aromatic carbocycles. The fraction of sp³-hybridized carbons (Fsp3) is 0.364. The normalized spacial score (nSPS) is 14.9. The summed E-state index contributed by atoms with van der Waals surface area (Å²) in [4.78, 5) is 0. The second-order valence-corrected chi connectivity index (χ2v) is 3.28. The van der Waals surface area contributed by atoms with E-state index in [0.29, 0.717) is 0 Å². The van der Waals surface area contributed by atoms with E-state index in [0.717, 1.165) is 6.54 Å². The number of hydrogen-bond acceptors (Lipinski definition) is 0. The molecule has 0 amide bonds. The topological polar surface area (TPSA) is 3.01 Å². The third-order valence-corrected chi connectivity index (χ3v) is 2.27. The molecule has 2 rings (SSSR count). The summed E-state index contributed by atoms with van der Waals surface area (Å²) in [6, 6.07) is 10.6. The molecule has 13 heavy (non-hydrogen) atoms. The van der Waals surface area contributed by atoms with Crippen molar-refractivity contribution in [1.29, 1.82) is 0 Å².